The molecule has 2 aromatic carbocycles. The molecule has 3 amide bonds. The van der Waals surface area contributed by atoms with E-state index in [4.69, 9.17) is 10.8 Å². The standard InChI is InChI=1S/C21H22FN5O4/c22-17-7-2-1-6-16(17)18-10-19(25-21(23)31)27(26-18)14-5-3-4-13(8-14)9-20(30)24-11-15(29)12-28/h1-8,10,15,28-29H,9,11-12H2,(H,24,30)(H3,23,25,31). The van der Waals surface area contributed by atoms with Gasteiger partial charge in [-0.3, -0.25) is 10.1 Å². The van der Waals surface area contributed by atoms with E-state index < -0.39 is 24.6 Å². The number of hydrogen-bond donors (Lipinski definition) is 5. The van der Waals surface area contributed by atoms with Crippen molar-refractivity contribution in [2.75, 3.05) is 18.5 Å². The molecule has 0 fully saturated rings. The third kappa shape index (κ3) is 5.65. The Morgan fingerprint density at radius 3 is 2.65 bits per heavy atom. The highest BCUT2D eigenvalue weighted by Crippen LogP contribution is 2.27. The van der Waals surface area contributed by atoms with Gasteiger partial charge >= 0.3 is 6.03 Å². The molecule has 0 saturated heterocycles. The summed E-state index contributed by atoms with van der Waals surface area (Å²) in [5, 5.41) is 27.5. The van der Waals surface area contributed by atoms with Gasteiger partial charge in [-0.2, -0.15) is 5.10 Å². The molecular weight excluding hydrogens is 405 g/mol. The number of amides is 3. The first kappa shape index (κ1) is 21.9. The SMILES string of the molecule is NC(=O)Nc1cc(-c2ccccc2F)nn1-c1cccc(CC(=O)NCC(O)CO)c1. The number of nitrogens with one attached hydrogen (secondary N) is 2. The molecule has 1 unspecified atom stereocenters. The number of primary amides is 1. The van der Waals surface area contributed by atoms with Gasteiger partial charge in [-0.25, -0.2) is 13.9 Å². The number of aliphatic hydroxyl groups is 2. The number of carbonyl (C=O) groups is 2. The third-order valence-corrected chi connectivity index (χ3v) is 4.38. The molecule has 0 aliphatic carbocycles. The number of carbonyl (C=O) groups excluding carboxylic acids is 2. The molecule has 1 heterocycles. The Hall–Kier alpha value is -3.76. The Balaban J connectivity index is 1.89. The van der Waals surface area contributed by atoms with E-state index in [9.17, 15) is 19.1 Å². The van der Waals surface area contributed by atoms with Gasteiger partial charge < -0.3 is 21.3 Å². The molecule has 0 aliphatic heterocycles. The third-order valence-electron chi connectivity index (χ3n) is 4.38. The van der Waals surface area contributed by atoms with Crippen LogP contribution in [0.1, 0.15) is 5.56 Å². The molecule has 9 nitrogen and oxygen atoms in total. The number of nitrogens with two attached hydrogens (primary N) is 1. The van der Waals surface area contributed by atoms with Gasteiger partial charge in [0.05, 0.1) is 30.5 Å². The lowest BCUT2D eigenvalue weighted by atomic mass is 10.1. The van der Waals surface area contributed by atoms with Crippen LogP contribution in [-0.2, 0) is 11.2 Å². The second kappa shape index (κ2) is 9.83. The van der Waals surface area contributed by atoms with E-state index in [1.165, 1.54) is 16.8 Å². The van der Waals surface area contributed by atoms with Crippen molar-refractivity contribution in [3.05, 3.63) is 66.0 Å². The number of halogens is 1. The molecule has 10 heteroatoms. The fraction of sp³-hybridized carbons (Fsp3) is 0.190. The van der Waals surface area contributed by atoms with E-state index in [1.54, 1.807) is 42.5 Å². The summed E-state index contributed by atoms with van der Waals surface area (Å²) in [5.74, 6) is -0.570. The number of benzene rings is 2. The van der Waals surface area contributed by atoms with Crippen LogP contribution in [0.25, 0.3) is 16.9 Å². The molecule has 6 N–H and O–H groups in total. The van der Waals surface area contributed by atoms with Crippen LogP contribution >= 0.6 is 0 Å². The molecule has 1 atom stereocenters. The summed E-state index contributed by atoms with van der Waals surface area (Å²) in [6.07, 6.45) is -1.01. The fourth-order valence-corrected chi connectivity index (χ4v) is 2.94. The maximum atomic E-state index is 14.2. The van der Waals surface area contributed by atoms with Crippen LogP contribution in [0.2, 0.25) is 0 Å². The Bertz CT molecular complexity index is 1090. The summed E-state index contributed by atoms with van der Waals surface area (Å²) >= 11 is 0. The van der Waals surface area contributed by atoms with Gasteiger partial charge in [0.2, 0.25) is 5.91 Å². The lowest BCUT2D eigenvalue weighted by Crippen LogP contribution is -2.34. The van der Waals surface area contributed by atoms with Crippen LogP contribution in [0, 0.1) is 5.82 Å². The smallest absolute Gasteiger partial charge is 0.317 e. The average Bonchev–Trinajstić information content (AvgIpc) is 3.15. The molecule has 0 saturated carbocycles. The van der Waals surface area contributed by atoms with Gasteiger partial charge in [0, 0.05) is 18.2 Å². The lowest BCUT2D eigenvalue weighted by molar-refractivity contribution is -0.121. The highest BCUT2D eigenvalue weighted by molar-refractivity contribution is 5.88. The van der Waals surface area contributed by atoms with Crippen molar-refractivity contribution >= 4 is 17.8 Å². The van der Waals surface area contributed by atoms with Crippen molar-refractivity contribution in [2.24, 2.45) is 5.73 Å². The van der Waals surface area contributed by atoms with Crippen LogP contribution in [0.3, 0.4) is 0 Å². The molecule has 3 aromatic rings. The summed E-state index contributed by atoms with van der Waals surface area (Å²) < 4.78 is 15.6. The summed E-state index contributed by atoms with van der Waals surface area (Å²) in [7, 11) is 0. The lowest BCUT2D eigenvalue weighted by Gasteiger charge is -2.11. The second-order valence-electron chi connectivity index (χ2n) is 6.78. The van der Waals surface area contributed by atoms with E-state index in [0.29, 0.717) is 16.9 Å². The van der Waals surface area contributed by atoms with Crippen molar-refractivity contribution in [2.45, 2.75) is 12.5 Å². The van der Waals surface area contributed by atoms with Crippen LogP contribution < -0.4 is 16.4 Å². The predicted molar refractivity (Wildman–Crippen MR) is 112 cm³/mol. The van der Waals surface area contributed by atoms with Crippen molar-refractivity contribution in [3.8, 4) is 16.9 Å². The topological polar surface area (TPSA) is 142 Å². The summed E-state index contributed by atoms with van der Waals surface area (Å²) in [6.45, 7) is -0.512. The normalized spacial score (nSPS) is 11.7. The van der Waals surface area contributed by atoms with Crippen LogP contribution in [0.4, 0.5) is 15.0 Å². The van der Waals surface area contributed by atoms with E-state index in [1.807, 2.05) is 0 Å². The van der Waals surface area contributed by atoms with Gasteiger partial charge in [0.1, 0.15) is 11.6 Å². The largest absolute Gasteiger partial charge is 0.394 e. The molecule has 31 heavy (non-hydrogen) atoms. The zero-order chi connectivity index (χ0) is 22.4. The van der Waals surface area contributed by atoms with Crippen molar-refractivity contribution in [3.63, 3.8) is 0 Å². The van der Waals surface area contributed by atoms with E-state index in [-0.39, 0.29) is 30.3 Å². The summed E-state index contributed by atoms with van der Waals surface area (Å²) in [6, 6.07) is 13.6. The fourth-order valence-electron chi connectivity index (χ4n) is 2.94. The first-order chi connectivity index (χ1) is 14.9. The van der Waals surface area contributed by atoms with Gasteiger partial charge in [-0.1, -0.05) is 24.3 Å². The molecular formula is C21H22FN5O4. The number of anilines is 1. The molecule has 162 valence electrons. The van der Waals surface area contributed by atoms with Crippen molar-refractivity contribution < 1.29 is 24.2 Å². The number of nitrogens with zero attached hydrogens (tertiary/aromatic N) is 2. The van der Waals surface area contributed by atoms with Crippen LogP contribution in [0.5, 0.6) is 0 Å². The number of aromatic nitrogens is 2. The minimum atomic E-state index is -1.03. The molecule has 0 spiro atoms. The highest BCUT2D eigenvalue weighted by Gasteiger charge is 2.16. The number of hydrogen-bond acceptors (Lipinski definition) is 5. The maximum Gasteiger partial charge on any atom is 0.317 e. The summed E-state index contributed by atoms with van der Waals surface area (Å²) in [5.41, 5.74) is 6.97. The molecule has 3 rings (SSSR count). The summed E-state index contributed by atoms with van der Waals surface area (Å²) in [4.78, 5) is 23.5. The second-order valence-corrected chi connectivity index (χ2v) is 6.78. The van der Waals surface area contributed by atoms with Gasteiger partial charge in [0.15, 0.2) is 0 Å². The first-order valence-corrected chi connectivity index (χ1v) is 9.43. The quantitative estimate of drug-likeness (QED) is 0.367. The Morgan fingerprint density at radius 1 is 1.16 bits per heavy atom. The Labute approximate surface area is 177 Å². The minimum absolute atomic E-state index is 0.0199. The Morgan fingerprint density at radius 2 is 1.94 bits per heavy atom. The first-order valence-electron chi connectivity index (χ1n) is 9.43. The van der Waals surface area contributed by atoms with Gasteiger partial charge in [0.25, 0.3) is 0 Å². The van der Waals surface area contributed by atoms with Crippen LogP contribution in [0.15, 0.2) is 54.6 Å². The minimum Gasteiger partial charge on any atom is -0.394 e. The van der Waals surface area contributed by atoms with E-state index in [0.717, 1.165) is 0 Å². The zero-order valence-corrected chi connectivity index (χ0v) is 16.5. The van der Waals surface area contributed by atoms with E-state index in [2.05, 4.69) is 15.7 Å². The molecule has 0 aliphatic rings. The molecule has 0 radical (unpaired) electrons. The molecule has 1 aromatic heterocycles. The number of rotatable bonds is 8. The highest BCUT2D eigenvalue weighted by atomic mass is 19.1. The van der Waals surface area contributed by atoms with Crippen molar-refractivity contribution in [1.82, 2.24) is 15.1 Å². The number of aliphatic hydroxyl groups excluding tert-OH is 2. The number of urea groups is 1. The zero-order valence-electron chi connectivity index (χ0n) is 16.5. The predicted octanol–water partition coefficient (Wildman–Crippen LogP) is 1.18. The average molecular weight is 427 g/mol. The van der Waals surface area contributed by atoms with Crippen LogP contribution in [-0.4, -0.2) is 51.2 Å². The monoisotopic (exact) mass is 427 g/mol. The van der Waals surface area contributed by atoms with Gasteiger partial charge in [-0.15, -0.1) is 0 Å². The van der Waals surface area contributed by atoms with Gasteiger partial charge in [-0.05, 0) is 29.8 Å². The molecule has 0 bridgehead atoms. The van der Waals surface area contributed by atoms with Crippen molar-refractivity contribution in [1.29, 1.82) is 0 Å². The maximum absolute atomic E-state index is 14.2. The Kier molecular flexibility index (Phi) is 6.96. The van der Waals surface area contributed by atoms with E-state index >= 15 is 0 Å².